The van der Waals surface area contributed by atoms with Gasteiger partial charge in [0, 0.05) is 25.2 Å². The monoisotopic (exact) mass is 255 g/mol. The topological polar surface area (TPSA) is 12.5 Å². The van der Waals surface area contributed by atoms with E-state index in [1.54, 1.807) is 7.11 Å². The third-order valence-corrected chi connectivity index (χ3v) is 3.17. The normalized spacial score (nSPS) is 10.8. The summed E-state index contributed by atoms with van der Waals surface area (Å²) < 4.78 is 5.44. The van der Waals surface area contributed by atoms with E-state index < -0.39 is 0 Å². The van der Waals surface area contributed by atoms with Crippen molar-refractivity contribution >= 4 is 17.3 Å². The molecule has 0 radical (unpaired) electrons. The van der Waals surface area contributed by atoms with Gasteiger partial charge < -0.3 is 9.64 Å². The number of hydrogen-bond donors (Lipinski definition) is 0. The minimum Gasteiger partial charge on any atom is -0.496 e. The van der Waals surface area contributed by atoms with Gasteiger partial charge in [-0.25, -0.2) is 0 Å². The Bertz CT molecular complexity index is 377. The Hall–Kier alpha value is -0.890. The molecule has 1 rings (SSSR count). The van der Waals surface area contributed by atoms with Crippen molar-refractivity contribution in [2.75, 3.05) is 31.5 Å². The first-order valence-corrected chi connectivity index (χ1v) is 6.50. The Morgan fingerprint density at radius 2 is 2.00 bits per heavy atom. The van der Waals surface area contributed by atoms with E-state index in [1.165, 1.54) is 16.8 Å². The van der Waals surface area contributed by atoms with E-state index in [-0.39, 0.29) is 0 Å². The van der Waals surface area contributed by atoms with Crippen LogP contribution in [0.25, 0.3) is 0 Å². The van der Waals surface area contributed by atoms with Gasteiger partial charge in [-0.3, -0.25) is 0 Å². The molecule has 1 aromatic carbocycles. The average molecular weight is 256 g/mol. The molecule has 0 spiro atoms. The number of alkyl halides is 1. The predicted octanol–water partition coefficient (Wildman–Crippen LogP) is 3.80. The standard InChI is InChI=1S/C14H22ClNO/c1-10(2)12-9-13(16(4)7-6-15)11(3)8-14(12)17-5/h8-10H,6-7H2,1-5H3. The van der Waals surface area contributed by atoms with Crippen molar-refractivity contribution in [2.24, 2.45) is 0 Å². The molecule has 96 valence electrons. The lowest BCUT2D eigenvalue weighted by atomic mass is 9.98. The van der Waals surface area contributed by atoms with Crippen LogP contribution in [0.4, 0.5) is 5.69 Å². The molecule has 0 N–H and O–H groups in total. The van der Waals surface area contributed by atoms with Crippen molar-refractivity contribution in [3.8, 4) is 5.75 Å². The quantitative estimate of drug-likeness (QED) is 0.742. The van der Waals surface area contributed by atoms with Crippen LogP contribution in [0.15, 0.2) is 12.1 Å². The maximum atomic E-state index is 5.79. The van der Waals surface area contributed by atoms with Gasteiger partial charge in [-0.05, 0) is 36.1 Å². The minimum atomic E-state index is 0.453. The fourth-order valence-corrected chi connectivity index (χ4v) is 2.23. The molecule has 3 heteroatoms. The van der Waals surface area contributed by atoms with Crippen LogP contribution in [0.5, 0.6) is 5.75 Å². The van der Waals surface area contributed by atoms with Crippen molar-refractivity contribution in [2.45, 2.75) is 26.7 Å². The third-order valence-electron chi connectivity index (χ3n) is 3.00. The molecule has 0 atom stereocenters. The third kappa shape index (κ3) is 3.29. The highest BCUT2D eigenvalue weighted by Gasteiger charge is 2.13. The van der Waals surface area contributed by atoms with Gasteiger partial charge >= 0.3 is 0 Å². The van der Waals surface area contributed by atoms with Gasteiger partial charge in [0.15, 0.2) is 0 Å². The second kappa shape index (κ2) is 6.15. The van der Waals surface area contributed by atoms with E-state index in [0.717, 1.165) is 12.3 Å². The highest BCUT2D eigenvalue weighted by atomic mass is 35.5. The zero-order chi connectivity index (χ0) is 13.0. The number of anilines is 1. The lowest BCUT2D eigenvalue weighted by Crippen LogP contribution is -2.20. The van der Waals surface area contributed by atoms with E-state index in [1.807, 2.05) is 0 Å². The molecule has 0 heterocycles. The summed E-state index contributed by atoms with van der Waals surface area (Å²) in [5.41, 5.74) is 3.70. The van der Waals surface area contributed by atoms with Crippen LogP contribution in [0.3, 0.4) is 0 Å². The van der Waals surface area contributed by atoms with Gasteiger partial charge in [-0.15, -0.1) is 11.6 Å². The van der Waals surface area contributed by atoms with E-state index in [4.69, 9.17) is 16.3 Å². The van der Waals surface area contributed by atoms with Crippen molar-refractivity contribution in [3.63, 3.8) is 0 Å². The van der Waals surface area contributed by atoms with Crippen LogP contribution < -0.4 is 9.64 Å². The molecule has 0 aliphatic rings. The summed E-state index contributed by atoms with van der Waals surface area (Å²) >= 11 is 5.79. The van der Waals surface area contributed by atoms with E-state index >= 15 is 0 Å². The summed E-state index contributed by atoms with van der Waals surface area (Å²) in [6.07, 6.45) is 0. The Morgan fingerprint density at radius 3 is 2.47 bits per heavy atom. The zero-order valence-electron chi connectivity index (χ0n) is 11.4. The van der Waals surface area contributed by atoms with Gasteiger partial charge in [-0.2, -0.15) is 0 Å². The molecule has 0 aliphatic carbocycles. The molecule has 0 saturated heterocycles. The van der Waals surface area contributed by atoms with Crippen LogP contribution >= 0.6 is 11.6 Å². The minimum absolute atomic E-state index is 0.453. The number of ether oxygens (including phenoxy) is 1. The maximum Gasteiger partial charge on any atom is 0.122 e. The first kappa shape index (κ1) is 14.2. The van der Waals surface area contributed by atoms with E-state index in [2.05, 4.69) is 44.9 Å². The second-order valence-electron chi connectivity index (χ2n) is 4.65. The van der Waals surface area contributed by atoms with Crippen molar-refractivity contribution < 1.29 is 4.74 Å². The highest BCUT2D eigenvalue weighted by molar-refractivity contribution is 6.18. The Labute approximate surface area is 110 Å². The fraction of sp³-hybridized carbons (Fsp3) is 0.571. The van der Waals surface area contributed by atoms with E-state index in [0.29, 0.717) is 11.8 Å². The summed E-state index contributed by atoms with van der Waals surface area (Å²) in [6.45, 7) is 7.32. The van der Waals surface area contributed by atoms with Gasteiger partial charge in [0.25, 0.3) is 0 Å². The predicted molar refractivity (Wildman–Crippen MR) is 75.8 cm³/mol. The summed E-state index contributed by atoms with van der Waals surface area (Å²) in [7, 11) is 3.80. The van der Waals surface area contributed by atoms with Gasteiger partial charge in [0.2, 0.25) is 0 Å². The lowest BCUT2D eigenvalue weighted by Gasteiger charge is -2.23. The smallest absolute Gasteiger partial charge is 0.122 e. The Balaban J connectivity index is 3.19. The van der Waals surface area contributed by atoms with Crippen molar-refractivity contribution in [3.05, 3.63) is 23.3 Å². The average Bonchev–Trinajstić information content (AvgIpc) is 2.28. The van der Waals surface area contributed by atoms with Crippen LogP contribution in [0.2, 0.25) is 0 Å². The number of benzene rings is 1. The number of rotatable bonds is 5. The van der Waals surface area contributed by atoms with Crippen LogP contribution in [0.1, 0.15) is 30.9 Å². The van der Waals surface area contributed by atoms with Crippen LogP contribution in [0, 0.1) is 6.92 Å². The Morgan fingerprint density at radius 1 is 1.35 bits per heavy atom. The molecule has 0 aliphatic heterocycles. The molecule has 0 aromatic heterocycles. The molecule has 0 saturated carbocycles. The molecule has 0 bridgehead atoms. The summed E-state index contributed by atoms with van der Waals surface area (Å²) in [4.78, 5) is 2.19. The van der Waals surface area contributed by atoms with Crippen LogP contribution in [-0.2, 0) is 0 Å². The largest absolute Gasteiger partial charge is 0.496 e. The maximum absolute atomic E-state index is 5.79. The number of halogens is 1. The van der Waals surface area contributed by atoms with E-state index in [9.17, 15) is 0 Å². The SMILES string of the molecule is COc1cc(C)c(N(C)CCCl)cc1C(C)C. The van der Waals surface area contributed by atoms with Gasteiger partial charge in [-0.1, -0.05) is 13.8 Å². The highest BCUT2D eigenvalue weighted by Crippen LogP contribution is 2.33. The fourth-order valence-electron chi connectivity index (χ4n) is 1.97. The summed E-state index contributed by atoms with van der Waals surface area (Å²) in [5.74, 6) is 2.06. The number of aryl methyl sites for hydroxylation is 1. The molecular weight excluding hydrogens is 234 g/mol. The first-order chi connectivity index (χ1) is 8.01. The molecule has 17 heavy (non-hydrogen) atoms. The zero-order valence-corrected chi connectivity index (χ0v) is 12.1. The molecular formula is C14H22ClNO. The van der Waals surface area contributed by atoms with Crippen molar-refractivity contribution in [1.82, 2.24) is 0 Å². The van der Waals surface area contributed by atoms with Crippen molar-refractivity contribution in [1.29, 1.82) is 0 Å². The van der Waals surface area contributed by atoms with Crippen LogP contribution in [-0.4, -0.2) is 26.6 Å². The first-order valence-electron chi connectivity index (χ1n) is 5.96. The summed E-state index contributed by atoms with van der Waals surface area (Å²) in [6, 6.07) is 4.32. The number of hydrogen-bond acceptors (Lipinski definition) is 2. The molecule has 0 amide bonds. The molecule has 1 aromatic rings. The number of nitrogens with zero attached hydrogens (tertiary/aromatic N) is 1. The number of methoxy groups -OCH3 is 1. The summed E-state index contributed by atoms with van der Waals surface area (Å²) in [5, 5.41) is 0. The van der Waals surface area contributed by atoms with Gasteiger partial charge in [0.05, 0.1) is 7.11 Å². The molecule has 2 nitrogen and oxygen atoms in total. The lowest BCUT2D eigenvalue weighted by molar-refractivity contribution is 0.407. The Kier molecular flexibility index (Phi) is 5.13. The molecule has 0 fully saturated rings. The molecule has 0 unspecified atom stereocenters. The second-order valence-corrected chi connectivity index (χ2v) is 5.02. The van der Waals surface area contributed by atoms with Gasteiger partial charge in [0.1, 0.15) is 5.75 Å².